The molecule has 2 rings (SSSR count). The van der Waals surface area contributed by atoms with E-state index in [2.05, 4.69) is 13.8 Å². The fraction of sp³-hybridized carbons (Fsp3) is 0.333. The predicted octanol–water partition coefficient (Wildman–Crippen LogP) is 0.228. The number of hydrogen-bond acceptors (Lipinski definition) is 3. The van der Waals surface area contributed by atoms with Crippen LogP contribution in [0, 0.1) is 6.92 Å². The molecular formula is C12H15KO4S. The van der Waals surface area contributed by atoms with Crippen LogP contribution in [0.1, 0.15) is 32.3 Å². The monoisotopic (exact) mass is 294 g/mol. The number of rotatable bonds is 2. The summed E-state index contributed by atoms with van der Waals surface area (Å²) in [5.74, 6) is 0.350. The van der Waals surface area contributed by atoms with Gasteiger partial charge in [-0.05, 0) is 30.5 Å². The number of hydrogen-bond donors (Lipinski definition) is 1. The topological polar surface area (TPSA) is 67.5 Å². The second-order valence-corrected chi connectivity index (χ2v) is 5.72. The molecule has 18 heavy (non-hydrogen) atoms. The molecule has 0 fully saturated rings. The van der Waals surface area contributed by atoms with Gasteiger partial charge in [0.15, 0.2) is 0 Å². The Morgan fingerprint density at radius 1 is 1.33 bits per heavy atom. The van der Waals surface area contributed by atoms with Gasteiger partial charge in [0.1, 0.15) is 5.58 Å². The molecule has 0 atom stereocenters. The van der Waals surface area contributed by atoms with E-state index < -0.39 is 10.1 Å². The molecule has 4 nitrogen and oxygen atoms in total. The first kappa shape index (κ1) is 16.4. The largest absolute Gasteiger partial charge is 1.00 e. The molecule has 6 heteroatoms. The van der Waals surface area contributed by atoms with Crippen molar-refractivity contribution in [3.05, 3.63) is 29.3 Å². The first-order chi connectivity index (χ1) is 7.80. The predicted molar refractivity (Wildman–Crippen MR) is 66.0 cm³/mol. The van der Waals surface area contributed by atoms with Crippen LogP contribution < -0.4 is 51.4 Å². The van der Waals surface area contributed by atoms with Crippen LogP contribution in [-0.4, -0.2) is 13.0 Å². The van der Waals surface area contributed by atoms with E-state index in [1.807, 2.05) is 12.1 Å². The summed E-state index contributed by atoms with van der Waals surface area (Å²) < 4.78 is 36.4. The van der Waals surface area contributed by atoms with Gasteiger partial charge in [-0.2, -0.15) is 8.42 Å². The minimum atomic E-state index is -4.30. The maximum absolute atomic E-state index is 11.1. The van der Waals surface area contributed by atoms with E-state index in [0.717, 1.165) is 10.9 Å². The molecule has 0 aliphatic carbocycles. The fourth-order valence-electron chi connectivity index (χ4n) is 1.82. The second kappa shape index (κ2) is 5.74. The van der Waals surface area contributed by atoms with Gasteiger partial charge >= 0.3 is 61.5 Å². The van der Waals surface area contributed by atoms with Crippen molar-refractivity contribution in [3.8, 4) is 0 Å². The third-order valence-corrected chi connectivity index (χ3v) is 3.68. The van der Waals surface area contributed by atoms with E-state index in [1.165, 1.54) is 0 Å². The number of benzene rings is 1. The molecule has 1 heterocycles. The zero-order chi connectivity index (χ0) is 12.8. The van der Waals surface area contributed by atoms with E-state index >= 15 is 0 Å². The summed E-state index contributed by atoms with van der Waals surface area (Å²) in [5, 5.41) is 0.359. The zero-order valence-corrected chi connectivity index (χ0v) is 14.8. The van der Waals surface area contributed by atoms with E-state index in [9.17, 15) is 8.42 Å². The van der Waals surface area contributed by atoms with Crippen molar-refractivity contribution in [2.75, 3.05) is 0 Å². The van der Waals surface area contributed by atoms with Gasteiger partial charge in [-0.3, -0.25) is 4.55 Å². The van der Waals surface area contributed by atoms with Crippen molar-refractivity contribution >= 4 is 21.1 Å². The maximum Gasteiger partial charge on any atom is 1.00 e. The molecule has 1 aromatic heterocycles. The van der Waals surface area contributed by atoms with Gasteiger partial charge < -0.3 is 5.84 Å². The van der Waals surface area contributed by atoms with Crippen LogP contribution in [0.2, 0.25) is 0 Å². The molecule has 0 saturated heterocycles. The molecule has 1 aromatic carbocycles. The van der Waals surface area contributed by atoms with Gasteiger partial charge in [0.2, 0.25) is 5.09 Å². The first-order valence-corrected chi connectivity index (χ1v) is 6.75. The SMILES string of the molecule is Cc1c(S(=O)(=O)O)oc2ccc(C(C)C)cc12.[H-].[K+]. The van der Waals surface area contributed by atoms with Gasteiger partial charge in [0.25, 0.3) is 0 Å². The van der Waals surface area contributed by atoms with Crippen LogP contribution in [0.25, 0.3) is 11.0 Å². The van der Waals surface area contributed by atoms with Crippen LogP contribution in [0.5, 0.6) is 0 Å². The summed E-state index contributed by atoms with van der Waals surface area (Å²) in [6.07, 6.45) is 0. The van der Waals surface area contributed by atoms with Gasteiger partial charge in [0.05, 0.1) is 0 Å². The van der Waals surface area contributed by atoms with E-state index in [4.69, 9.17) is 8.97 Å². The molecule has 0 radical (unpaired) electrons. The number of furan rings is 1. The Balaban J connectivity index is 0.00000162. The minimum Gasteiger partial charge on any atom is -1.00 e. The van der Waals surface area contributed by atoms with Crippen molar-refractivity contribution in [1.29, 1.82) is 0 Å². The molecule has 0 saturated carbocycles. The Hall–Kier alpha value is 0.306. The average molecular weight is 294 g/mol. The van der Waals surface area contributed by atoms with Crippen molar-refractivity contribution < 1.29 is 70.2 Å². The van der Waals surface area contributed by atoms with Crippen LogP contribution in [0.3, 0.4) is 0 Å². The molecule has 0 aliphatic heterocycles. The zero-order valence-electron chi connectivity index (χ0n) is 11.9. The normalized spacial score (nSPS) is 11.8. The second-order valence-electron chi connectivity index (χ2n) is 4.40. The van der Waals surface area contributed by atoms with Crippen molar-refractivity contribution in [1.82, 2.24) is 0 Å². The van der Waals surface area contributed by atoms with Crippen molar-refractivity contribution in [3.63, 3.8) is 0 Å². The maximum atomic E-state index is 11.1. The quantitative estimate of drug-likeness (QED) is 0.636. The minimum absolute atomic E-state index is 0. The number of fused-ring (bicyclic) bond motifs is 1. The number of aryl methyl sites for hydroxylation is 1. The summed E-state index contributed by atoms with van der Waals surface area (Å²) in [6.45, 7) is 5.74. The summed E-state index contributed by atoms with van der Waals surface area (Å²) in [4.78, 5) is 0. The summed E-state index contributed by atoms with van der Waals surface area (Å²) in [7, 11) is -4.30. The molecule has 94 valence electrons. The molecular weight excluding hydrogens is 279 g/mol. The summed E-state index contributed by atoms with van der Waals surface area (Å²) in [6, 6.07) is 5.52. The molecule has 0 bridgehead atoms. The molecule has 0 amide bonds. The van der Waals surface area contributed by atoms with Gasteiger partial charge in [-0.25, -0.2) is 0 Å². The van der Waals surface area contributed by atoms with Crippen LogP contribution >= 0.6 is 0 Å². The van der Waals surface area contributed by atoms with E-state index in [0.29, 0.717) is 17.1 Å². The Bertz CT molecular complexity index is 676. The van der Waals surface area contributed by atoms with Crippen molar-refractivity contribution in [2.24, 2.45) is 0 Å². The van der Waals surface area contributed by atoms with Crippen LogP contribution in [-0.2, 0) is 10.1 Å². The standard InChI is InChI=1S/C12H14O4S.K.H/c1-7(2)9-4-5-11-10(6-9)8(3)12(16-11)17(13,14)15;;/h4-7H,1-3H3,(H,13,14,15);;/q;+1;-1. The Morgan fingerprint density at radius 3 is 2.44 bits per heavy atom. The van der Waals surface area contributed by atoms with Crippen LogP contribution in [0.15, 0.2) is 27.7 Å². The van der Waals surface area contributed by atoms with Gasteiger partial charge in [-0.15, -0.1) is 0 Å². The molecule has 0 unspecified atom stereocenters. The summed E-state index contributed by atoms with van der Waals surface area (Å²) in [5.41, 5.74) is 2.02. The Labute approximate surface area is 150 Å². The van der Waals surface area contributed by atoms with Gasteiger partial charge in [0, 0.05) is 10.9 Å². The third-order valence-electron chi connectivity index (χ3n) is 2.82. The fourth-order valence-corrected chi connectivity index (χ4v) is 2.51. The first-order valence-electron chi connectivity index (χ1n) is 5.31. The Kier molecular flexibility index (Phi) is 5.22. The smallest absolute Gasteiger partial charge is 1.00 e. The molecule has 0 aliphatic rings. The molecule has 0 spiro atoms. The Morgan fingerprint density at radius 2 is 1.94 bits per heavy atom. The van der Waals surface area contributed by atoms with E-state index in [1.54, 1.807) is 13.0 Å². The molecule has 1 N–H and O–H groups in total. The average Bonchev–Trinajstić information content (AvgIpc) is 2.55. The van der Waals surface area contributed by atoms with E-state index in [-0.39, 0.29) is 57.9 Å². The van der Waals surface area contributed by atoms with Crippen molar-refractivity contribution in [2.45, 2.75) is 31.8 Å². The summed E-state index contributed by atoms with van der Waals surface area (Å²) >= 11 is 0. The van der Waals surface area contributed by atoms with Gasteiger partial charge in [-0.1, -0.05) is 19.9 Å². The molecule has 2 aromatic rings. The van der Waals surface area contributed by atoms with Crippen LogP contribution in [0.4, 0.5) is 0 Å². The third kappa shape index (κ3) is 3.06.